The average Bonchev–Trinajstić information content (AvgIpc) is 2.84. The van der Waals surface area contributed by atoms with Crippen molar-refractivity contribution in [2.75, 3.05) is 12.3 Å². The van der Waals surface area contributed by atoms with Gasteiger partial charge in [-0.15, -0.1) is 22.0 Å². The summed E-state index contributed by atoms with van der Waals surface area (Å²) in [5.74, 6) is 3.02. The summed E-state index contributed by atoms with van der Waals surface area (Å²) < 4.78 is 2.24. The Hall–Kier alpha value is -1.82. The molecule has 0 atom stereocenters. The summed E-state index contributed by atoms with van der Waals surface area (Å²) in [7, 11) is 0. The first kappa shape index (κ1) is 18.0. The molecule has 134 valence electrons. The van der Waals surface area contributed by atoms with E-state index in [4.69, 9.17) is 0 Å². The normalized spacial score (nSPS) is 14.0. The second kappa shape index (κ2) is 9.04. The Morgan fingerprint density at radius 1 is 1.20 bits per heavy atom. The number of nitrogens with zero attached hydrogens (tertiary/aromatic N) is 3. The highest BCUT2D eigenvalue weighted by atomic mass is 32.2. The van der Waals surface area contributed by atoms with Crippen molar-refractivity contribution in [3.8, 4) is 0 Å². The molecule has 1 aromatic carbocycles. The maximum absolute atomic E-state index is 12.0. The summed E-state index contributed by atoms with van der Waals surface area (Å²) in [6.45, 7) is 3.72. The standard InChI is InChI=1S/C19H26N4OS/c1-15-6-8-16(9-7-15)25-14-11-19(24)20-12-10-18-22-21-17-5-3-2-4-13-23(17)18/h6-9H,2-5,10-14H2,1H3,(H,20,24). The van der Waals surface area contributed by atoms with Crippen LogP contribution in [-0.4, -0.2) is 33.0 Å². The second-order valence-corrected chi connectivity index (χ2v) is 7.67. The van der Waals surface area contributed by atoms with E-state index in [1.165, 1.54) is 29.7 Å². The van der Waals surface area contributed by atoms with Gasteiger partial charge >= 0.3 is 0 Å². The van der Waals surface area contributed by atoms with Crippen molar-refractivity contribution in [2.24, 2.45) is 0 Å². The molecule has 1 aliphatic rings. The number of amides is 1. The third-order valence-corrected chi connectivity index (χ3v) is 5.49. The zero-order valence-corrected chi connectivity index (χ0v) is 15.6. The van der Waals surface area contributed by atoms with Crippen molar-refractivity contribution in [1.82, 2.24) is 20.1 Å². The first-order valence-corrected chi connectivity index (χ1v) is 10.1. The molecule has 0 fully saturated rings. The van der Waals surface area contributed by atoms with Crippen LogP contribution in [0, 0.1) is 6.92 Å². The van der Waals surface area contributed by atoms with E-state index in [1.807, 2.05) is 0 Å². The van der Waals surface area contributed by atoms with E-state index in [-0.39, 0.29) is 5.91 Å². The molecule has 1 aromatic heterocycles. The van der Waals surface area contributed by atoms with Gasteiger partial charge in [0.1, 0.15) is 11.6 Å². The van der Waals surface area contributed by atoms with Crippen LogP contribution in [0.1, 0.15) is 42.9 Å². The molecule has 0 saturated carbocycles. The maximum Gasteiger partial charge on any atom is 0.220 e. The highest BCUT2D eigenvalue weighted by Crippen LogP contribution is 2.19. The van der Waals surface area contributed by atoms with Crippen molar-refractivity contribution in [3.05, 3.63) is 41.5 Å². The van der Waals surface area contributed by atoms with Crippen LogP contribution in [0.25, 0.3) is 0 Å². The van der Waals surface area contributed by atoms with Crippen LogP contribution in [0.5, 0.6) is 0 Å². The van der Waals surface area contributed by atoms with E-state index in [1.54, 1.807) is 11.8 Å². The molecule has 1 aliphatic heterocycles. The molecule has 2 heterocycles. The lowest BCUT2D eigenvalue weighted by Crippen LogP contribution is -2.26. The zero-order chi connectivity index (χ0) is 17.5. The van der Waals surface area contributed by atoms with Gasteiger partial charge in [0.05, 0.1) is 0 Å². The van der Waals surface area contributed by atoms with E-state index in [9.17, 15) is 4.79 Å². The second-order valence-electron chi connectivity index (χ2n) is 6.51. The van der Waals surface area contributed by atoms with Crippen molar-refractivity contribution < 1.29 is 4.79 Å². The molecule has 0 radical (unpaired) electrons. The predicted molar refractivity (Wildman–Crippen MR) is 101 cm³/mol. The van der Waals surface area contributed by atoms with E-state index in [0.717, 1.165) is 36.8 Å². The fourth-order valence-electron chi connectivity index (χ4n) is 3.03. The van der Waals surface area contributed by atoms with E-state index in [0.29, 0.717) is 13.0 Å². The number of hydrogen-bond donors (Lipinski definition) is 1. The minimum atomic E-state index is 0.107. The number of hydrogen-bond acceptors (Lipinski definition) is 4. The van der Waals surface area contributed by atoms with Gasteiger partial charge in [-0.1, -0.05) is 24.1 Å². The van der Waals surface area contributed by atoms with Crippen molar-refractivity contribution in [3.63, 3.8) is 0 Å². The Balaban J connectivity index is 1.37. The Morgan fingerprint density at radius 3 is 2.88 bits per heavy atom. The lowest BCUT2D eigenvalue weighted by atomic mass is 10.2. The highest BCUT2D eigenvalue weighted by molar-refractivity contribution is 7.99. The molecule has 1 N–H and O–H groups in total. The van der Waals surface area contributed by atoms with Gasteiger partial charge < -0.3 is 9.88 Å². The molecule has 0 bridgehead atoms. The van der Waals surface area contributed by atoms with Gasteiger partial charge in [-0.05, 0) is 31.9 Å². The van der Waals surface area contributed by atoms with E-state index >= 15 is 0 Å². The number of rotatable bonds is 7. The quantitative estimate of drug-likeness (QED) is 0.773. The summed E-state index contributed by atoms with van der Waals surface area (Å²) in [5.41, 5.74) is 1.26. The molecular formula is C19H26N4OS. The smallest absolute Gasteiger partial charge is 0.220 e. The monoisotopic (exact) mass is 358 g/mol. The number of aromatic nitrogens is 3. The fraction of sp³-hybridized carbons (Fsp3) is 0.526. The molecule has 0 unspecified atom stereocenters. The number of nitrogens with one attached hydrogen (secondary N) is 1. The van der Waals surface area contributed by atoms with Gasteiger partial charge in [-0.25, -0.2) is 0 Å². The average molecular weight is 359 g/mol. The molecule has 3 rings (SSSR count). The van der Waals surface area contributed by atoms with Gasteiger partial charge in [0.25, 0.3) is 0 Å². The minimum Gasteiger partial charge on any atom is -0.356 e. The highest BCUT2D eigenvalue weighted by Gasteiger charge is 2.14. The first-order valence-electron chi connectivity index (χ1n) is 9.09. The van der Waals surface area contributed by atoms with Gasteiger partial charge in [0.15, 0.2) is 0 Å². The van der Waals surface area contributed by atoms with Crippen LogP contribution in [0.2, 0.25) is 0 Å². The lowest BCUT2D eigenvalue weighted by molar-refractivity contribution is -0.120. The van der Waals surface area contributed by atoms with Crippen LogP contribution in [0.4, 0.5) is 0 Å². The Bertz CT molecular complexity index is 696. The third kappa shape index (κ3) is 5.33. The SMILES string of the molecule is Cc1ccc(SCCC(=O)NCCc2nnc3n2CCCCC3)cc1. The number of carbonyl (C=O) groups is 1. The van der Waals surface area contributed by atoms with E-state index in [2.05, 4.69) is 51.3 Å². The van der Waals surface area contributed by atoms with Crippen LogP contribution in [0.3, 0.4) is 0 Å². The Morgan fingerprint density at radius 2 is 2.04 bits per heavy atom. The van der Waals surface area contributed by atoms with Crippen LogP contribution in [-0.2, 0) is 24.2 Å². The van der Waals surface area contributed by atoms with Crippen molar-refractivity contribution >= 4 is 17.7 Å². The summed E-state index contributed by atoms with van der Waals surface area (Å²) in [4.78, 5) is 13.2. The Labute approximate surface area is 153 Å². The minimum absolute atomic E-state index is 0.107. The van der Waals surface area contributed by atoms with Crippen LogP contribution < -0.4 is 5.32 Å². The number of benzene rings is 1. The number of fused-ring (bicyclic) bond motifs is 1. The molecule has 1 amide bonds. The molecule has 25 heavy (non-hydrogen) atoms. The zero-order valence-electron chi connectivity index (χ0n) is 14.8. The number of aryl methyl sites for hydroxylation is 2. The van der Waals surface area contributed by atoms with Crippen molar-refractivity contribution in [1.29, 1.82) is 0 Å². The predicted octanol–water partition coefficient (Wildman–Crippen LogP) is 3.15. The lowest BCUT2D eigenvalue weighted by Gasteiger charge is -2.08. The summed E-state index contributed by atoms with van der Waals surface area (Å²) >= 11 is 1.72. The van der Waals surface area contributed by atoms with Gasteiger partial charge in [-0.2, -0.15) is 0 Å². The van der Waals surface area contributed by atoms with Crippen LogP contribution in [0.15, 0.2) is 29.2 Å². The topological polar surface area (TPSA) is 59.8 Å². The summed E-state index contributed by atoms with van der Waals surface area (Å²) in [6.07, 6.45) is 5.97. The summed E-state index contributed by atoms with van der Waals surface area (Å²) in [6, 6.07) is 8.41. The first-order chi connectivity index (χ1) is 12.2. The van der Waals surface area contributed by atoms with Gasteiger partial charge in [0.2, 0.25) is 5.91 Å². The molecule has 5 nitrogen and oxygen atoms in total. The molecule has 0 aliphatic carbocycles. The van der Waals surface area contributed by atoms with Gasteiger partial charge in [0, 0.05) is 43.0 Å². The fourth-order valence-corrected chi connectivity index (χ4v) is 3.88. The van der Waals surface area contributed by atoms with E-state index < -0.39 is 0 Å². The molecular weight excluding hydrogens is 332 g/mol. The van der Waals surface area contributed by atoms with Crippen molar-refractivity contribution in [2.45, 2.75) is 56.9 Å². The van der Waals surface area contributed by atoms with Gasteiger partial charge in [-0.3, -0.25) is 4.79 Å². The molecule has 0 spiro atoms. The molecule has 2 aromatic rings. The molecule has 0 saturated heterocycles. The Kier molecular flexibility index (Phi) is 6.50. The number of carbonyl (C=O) groups excluding carboxylic acids is 1. The largest absolute Gasteiger partial charge is 0.356 e. The van der Waals surface area contributed by atoms with Crippen LogP contribution >= 0.6 is 11.8 Å². The third-order valence-electron chi connectivity index (χ3n) is 4.48. The molecule has 6 heteroatoms. The summed E-state index contributed by atoms with van der Waals surface area (Å²) in [5, 5.41) is 11.6. The number of thioether (sulfide) groups is 1. The maximum atomic E-state index is 12.0.